The summed E-state index contributed by atoms with van der Waals surface area (Å²) in [4.78, 5) is 35.2. The number of aliphatic imine (C=N–C) groups is 1. The van der Waals surface area contributed by atoms with Crippen LogP contribution in [-0.4, -0.2) is 52.7 Å². The van der Waals surface area contributed by atoms with Crippen molar-refractivity contribution in [2.24, 2.45) is 16.5 Å². The van der Waals surface area contributed by atoms with Crippen LogP contribution in [0, 0.1) is 0 Å². The number of nitrogens with one attached hydrogen (secondary N) is 1. The number of aliphatic carboxylic acids is 3. The van der Waals surface area contributed by atoms with Crippen LogP contribution in [0.1, 0.15) is 19.3 Å². The van der Waals surface area contributed by atoms with Gasteiger partial charge in [0.05, 0.1) is 0 Å². The van der Waals surface area contributed by atoms with E-state index in [0.29, 0.717) is 6.42 Å². The van der Waals surface area contributed by atoms with E-state index in [1.165, 1.54) is 0 Å². The molecule has 0 amide bonds. The fourth-order valence-electron chi connectivity index (χ4n) is 1.23. The van der Waals surface area contributed by atoms with E-state index in [2.05, 4.69) is 10.3 Å². The van der Waals surface area contributed by atoms with E-state index in [0.717, 1.165) is 0 Å². The number of carbonyl (C=O) groups is 3. The van der Waals surface area contributed by atoms with Gasteiger partial charge in [-0.3, -0.25) is 9.79 Å². The fraction of sp³-hybridized carbons (Fsp3) is 0.600. The van der Waals surface area contributed by atoms with Crippen LogP contribution in [-0.2, 0) is 14.4 Å². The van der Waals surface area contributed by atoms with Gasteiger partial charge in [-0.2, -0.15) is 0 Å². The molecule has 2 atom stereocenters. The van der Waals surface area contributed by atoms with Crippen LogP contribution in [0.2, 0.25) is 0 Å². The Labute approximate surface area is 132 Å². The zero-order valence-electron chi connectivity index (χ0n) is 11.6. The van der Waals surface area contributed by atoms with Gasteiger partial charge in [-0.1, -0.05) is 0 Å². The second-order valence-electron chi connectivity index (χ2n) is 3.97. The van der Waals surface area contributed by atoms with Gasteiger partial charge >= 0.3 is 30.8 Å². The quantitative estimate of drug-likeness (QED) is 0.119. The van der Waals surface area contributed by atoms with Crippen molar-refractivity contribution < 1.29 is 48.6 Å². The maximum absolute atomic E-state index is 10.7. The number of carboxylic acids is 3. The summed E-state index contributed by atoms with van der Waals surface area (Å²) in [5, 5.41) is 29.8. The largest absolute Gasteiger partial charge is 1.00 e. The topological polar surface area (TPSA) is 191 Å². The first-order valence-electron chi connectivity index (χ1n) is 5.71. The summed E-state index contributed by atoms with van der Waals surface area (Å²) in [6.45, 7) is 0.136. The second kappa shape index (κ2) is 11.0. The normalized spacial score (nSPS) is 13.7. The van der Waals surface area contributed by atoms with Crippen LogP contribution < -0.4 is 40.8 Å². The third-order valence-corrected chi connectivity index (χ3v) is 2.26. The van der Waals surface area contributed by atoms with Gasteiger partial charge in [-0.25, -0.2) is 4.79 Å². The number of hydrogen-bond donors (Lipinski definition) is 5. The van der Waals surface area contributed by atoms with Crippen LogP contribution in [0.15, 0.2) is 4.99 Å². The zero-order valence-corrected chi connectivity index (χ0v) is 11.6. The van der Waals surface area contributed by atoms with Gasteiger partial charge in [0.2, 0.25) is 0 Å². The fourth-order valence-corrected chi connectivity index (χ4v) is 1.23. The minimum atomic E-state index is -1.54. The molecule has 0 aliphatic carbocycles. The molecule has 0 aliphatic heterocycles. The van der Waals surface area contributed by atoms with Crippen molar-refractivity contribution >= 4 is 23.9 Å². The molecule has 0 unspecified atom stereocenters. The molecule has 0 rings (SSSR count). The van der Waals surface area contributed by atoms with Crippen molar-refractivity contribution in [1.82, 2.24) is 5.32 Å². The maximum atomic E-state index is 10.7. The Morgan fingerprint density at radius 2 is 1.81 bits per heavy atom. The maximum Gasteiger partial charge on any atom is 1.00 e. The molecular formula is C10H17LiN4O6. The van der Waals surface area contributed by atoms with Gasteiger partial charge in [0.25, 0.3) is 0 Å². The van der Waals surface area contributed by atoms with Crippen molar-refractivity contribution in [2.45, 2.75) is 31.3 Å². The average molecular weight is 296 g/mol. The standard InChI is InChI=1S/C10H18N4O6.Li/c11-5(8(17)18)2-1-3-13-10(12)14-6(9(19)20)4-7(15)16;/h5-6H,1-4,11H2,(H,15,16)(H,17,18)(H,19,20)(H3,12,13,14);/q;+1/p-1/t5-,6-;/m0./s1. The number of carbonyl (C=O) groups excluding carboxylic acids is 1. The van der Waals surface area contributed by atoms with E-state index in [1.54, 1.807) is 0 Å². The van der Waals surface area contributed by atoms with E-state index in [1.807, 2.05) is 0 Å². The van der Waals surface area contributed by atoms with Gasteiger partial charge in [-0.15, -0.1) is 0 Å². The summed E-state index contributed by atoms with van der Waals surface area (Å²) in [7, 11) is 0. The van der Waals surface area contributed by atoms with E-state index in [4.69, 9.17) is 21.7 Å². The summed E-state index contributed by atoms with van der Waals surface area (Å²) >= 11 is 0. The number of carboxylic acid groups (broad SMARTS) is 3. The summed E-state index contributed by atoms with van der Waals surface area (Å²) < 4.78 is 0. The molecule has 0 aromatic heterocycles. The molecule has 0 aliphatic rings. The summed E-state index contributed by atoms with van der Waals surface area (Å²) in [5.74, 6) is -4.31. The predicted molar refractivity (Wildman–Crippen MR) is 65.5 cm³/mol. The molecule has 0 saturated carbocycles. The molecule has 7 N–H and O–H groups in total. The van der Waals surface area contributed by atoms with Crippen LogP contribution in [0.3, 0.4) is 0 Å². The molecule has 21 heavy (non-hydrogen) atoms. The third-order valence-electron chi connectivity index (χ3n) is 2.26. The molecule has 0 radical (unpaired) electrons. The van der Waals surface area contributed by atoms with Crippen molar-refractivity contribution in [3.63, 3.8) is 0 Å². The van der Waals surface area contributed by atoms with Crippen molar-refractivity contribution in [3.05, 3.63) is 0 Å². The smallest absolute Gasteiger partial charge is 0.550 e. The molecule has 0 saturated heterocycles. The van der Waals surface area contributed by atoms with Gasteiger partial charge in [0, 0.05) is 18.9 Å². The Morgan fingerprint density at radius 3 is 2.24 bits per heavy atom. The van der Waals surface area contributed by atoms with E-state index < -0.39 is 36.4 Å². The zero-order chi connectivity index (χ0) is 15.7. The van der Waals surface area contributed by atoms with Crippen LogP contribution in [0.4, 0.5) is 0 Å². The Hall–Kier alpha value is -1.76. The number of hydrogen-bond acceptors (Lipinski definition) is 6. The van der Waals surface area contributed by atoms with Gasteiger partial charge in [-0.05, 0) is 12.8 Å². The predicted octanol–water partition coefficient (Wildman–Crippen LogP) is -6.32. The first-order valence-corrected chi connectivity index (χ1v) is 5.71. The monoisotopic (exact) mass is 296 g/mol. The van der Waals surface area contributed by atoms with Crippen LogP contribution in [0.25, 0.3) is 0 Å². The Kier molecular flexibility index (Phi) is 11.2. The number of nitrogens with zero attached hydrogens (tertiary/aromatic N) is 1. The van der Waals surface area contributed by atoms with Gasteiger partial charge in [0.1, 0.15) is 12.1 Å². The van der Waals surface area contributed by atoms with Crippen molar-refractivity contribution in [1.29, 1.82) is 0 Å². The number of rotatable bonds is 9. The Morgan fingerprint density at radius 1 is 1.24 bits per heavy atom. The average Bonchev–Trinajstić information content (AvgIpc) is 2.32. The summed E-state index contributed by atoms with van der Waals surface area (Å²) in [6, 6.07) is -2.44. The van der Waals surface area contributed by atoms with Crippen molar-refractivity contribution in [2.75, 3.05) is 6.54 Å². The third kappa shape index (κ3) is 10.7. The van der Waals surface area contributed by atoms with Crippen LogP contribution >= 0.6 is 0 Å². The minimum absolute atomic E-state index is 0. The Bertz CT molecular complexity index is 403. The summed E-state index contributed by atoms with van der Waals surface area (Å²) in [6.07, 6.45) is -0.225. The van der Waals surface area contributed by atoms with Gasteiger partial charge < -0.3 is 36.9 Å². The van der Waals surface area contributed by atoms with E-state index >= 15 is 0 Å². The molecule has 0 bridgehead atoms. The molecule has 0 fully saturated rings. The molecule has 114 valence electrons. The van der Waals surface area contributed by atoms with Crippen molar-refractivity contribution in [3.8, 4) is 0 Å². The molecule has 0 heterocycles. The molecule has 0 spiro atoms. The molecule has 0 aromatic carbocycles. The second-order valence-corrected chi connectivity index (χ2v) is 3.97. The van der Waals surface area contributed by atoms with Gasteiger partial charge in [0.15, 0.2) is 5.96 Å². The first kappa shape index (κ1) is 21.5. The molecule has 10 nitrogen and oxygen atoms in total. The first-order chi connectivity index (χ1) is 9.23. The summed E-state index contributed by atoms with van der Waals surface area (Å²) in [5.41, 5.74) is 10.6. The SMILES string of the molecule is NC(=NCCC[C@H](N)C(=O)O)N[C@@H](CC(=O)[O-])C(=O)O.[Li+]. The molecular weight excluding hydrogens is 279 g/mol. The molecule has 0 aromatic rings. The van der Waals surface area contributed by atoms with E-state index in [-0.39, 0.29) is 37.8 Å². The minimum Gasteiger partial charge on any atom is -0.550 e. The number of nitrogens with two attached hydrogens (primary N) is 2. The molecule has 11 heteroatoms. The Balaban J connectivity index is 0. The number of guanidine groups is 1. The van der Waals surface area contributed by atoms with Crippen LogP contribution in [0.5, 0.6) is 0 Å². The van der Waals surface area contributed by atoms with E-state index in [9.17, 15) is 19.5 Å².